The predicted molar refractivity (Wildman–Crippen MR) is 98.8 cm³/mol. The summed E-state index contributed by atoms with van der Waals surface area (Å²) in [7, 11) is 0. The Bertz CT molecular complexity index is 668. The first-order chi connectivity index (χ1) is 12.1. The number of hydrogen-bond acceptors (Lipinski definition) is 3. The van der Waals surface area contributed by atoms with Crippen molar-refractivity contribution >= 4 is 5.97 Å². The van der Waals surface area contributed by atoms with Crippen LogP contribution in [0.5, 0.6) is 0 Å². The Hall–Kier alpha value is -1.61. The largest absolute Gasteiger partial charge is 0.461 e. The van der Waals surface area contributed by atoms with Crippen LogP contribution in [0.4, 0.5) is 0 Å². The molecule has 3 heteroatoms. The quantitative estimate of drug-likeness (QED) is 0.663. The van der Waals surface area contributed by atoms with Crippen molar-refractivity contribution in [2.24, 2.45) is 23.2 Å². The molecule has 0 radical (unpaired) electrons. The number of ether oxygens (including phenoxy) is 1. The molecule has 4 rings (SSSR count). The van der Waals surface area contributed by atoms with Crippen molar-refractivity contribution in [3.05, 3.63) is 47.5 Å². The zero-order chi connectivity index (χ0) is 17.4. The lowest BCUT2D eigenvalue weighted by Crippen LogP contribution is -2.40. The first-order valence-electron chi connectivity index (χ1n) is 9.74. The van der Waals surface area contributed by atoms with E-state index in [0.29, 0.717) is 12.5 Å². The molecule has 1 aromatic carbocycles. The minimum absolute atomic E-state index is 0.0117. The number of fused-ring (bicyclic) bond motifs is 2. The number of hydrogen-bond donors (Lipinski definition) is 1. The molecule has 2 aliphatic carbocycles. The smallest absolute Gasteiger partial charge is 0.311 e. The van der Waals surface area contributed by atoms with Gasteiger partial charge in [0.1, 0.15) is 6.10 Å². The molecule has 0 unspecified atom stereocenters. The maximum Gasteiger partial charge on any atom is 0.311 e. The highest BCUT2D eigenvalue weighted by Crippen LogP contribution is 2.53. The van der Waals surface area contributed by atoms with Crippen molar-refractivity contribution in [2.75, 3.05) is 6.54 Å². The van der Waals surface area contributed by atoms with Gasteiger partial charge in [-0.3, -0.25) is 4.79 Å². The number of nitrogens with one attached hydrogen (secondary N) is 1. The number of benzene rings is 1. The zero-order valence-electron chi connectivity index (χ0n) is 15.3. The van der Waals surface area contributed by atoms with Gasteiger partial charge in [-0.25, -0.2) is 0 Å². The lowest BCUT2D eigenvalue weighted by molar-refractivity contribution is -0.145. The van der Waals surface area contributed by atoms with Crippen molar-refractivity contribution in [3.63, 3.8) is 0 Å². The monoisotopic (exact) mass is 339 g/mol. The van der Waals surface area contributed by atoms with Crippen LogP contribution in [0.15, 0.2) is 42.0 Å². The Labute approximate surface area is 150 Å². The fourth-order valence-electron chi connectivity index (χ4n) is 5.25. The van der Waals surface area contributed by atoms with Crippen LogP contribution in [0.3, 0.4) is 0 Å². The SMILES string of the molecule is C[C@H]1CCC[C@]2(C)C[C@H]3OC(=O)[C@@H](CNCc4ccccc4)[C@H]3C=C12. The fraction of sp³-hybridized carbons (Fsp3) is 0.591. The first kappa shape index (κ1) is 16.8. The fourth-order valence-corrected chi connectivity index (χ4v) is 5.25. The van der Waals surface area contributed by atoms with Gasteiger partial charge in [0.25, 0.3) is 0 Å². The number of allylic oxidation sites excluding steroid dienone is 1. The molecule has 0 bridgehead atoms. The van der Waals surface area contributed by atoms with E-state index in [0.717, 1.165) is 13.0 Å². The second-order valence-corrected chi connectivity index (χ2v) is 8.46. The maximum absolute atomic E-state index is 12.5. The second kappa shape index (κ2) is 6.60. The summed E-state index contributed by atoms with van der Waals surface area (Å²) in [6.45, 7) is 6.22. The molecule has 1 aliphatic heterocycles. The number of rotatable bonds is 4. The van der Waals surface area contributed by atoms with E-state index in [1.165, 1.54) is 24.8 Å². The van der Waals surface area contributed by atoms with E-state index in [-0.39, 0.29) is 29.3 Å². The Morgan fingerprint density at radius 3 is 2.88 bits per heavy atom. The van der Waals surface area contributed by atoms with Crippen molar-refractivity contribution in [1.29, 1.82) is 0 Å². The van der Waals surface area contributed by atoms with Crippen molar-refractivity contribution in [3.8, 4) is 0 Å². The van der Waals surface area contributed by atoms with E-state index in [9.17, 15) is 4.79 Å². The summed E-state index contributed by atoms with van der Waals surface area (Å²) in [5.74, 6) is 0.843. The van der Waals surface area contributed by atoms with Crippen LogP contribution in [-0.2, 0) is 16.1 Å². The van der Waals surface area contributed by atoms with Gasteiger partial charge >= 0.3 is 5.97 Å². The van der Waals surface area contributed by atoms with E-state index in [4.69, 9.17) is 4.74 Å². The summed E-state index contributed by atoms with van der Waals surface area (Å²) >= 11 is 0. The summed E-state index contributed by atoms with van der Waals surface area (Å²) in [5, 5.41) is 3.47. The molecule has 5 atom stereocenters. The molecule has 0 spiro atoms. The molecule has 0 amide bonds. The molecular weight excluding hydrogens is 310 g/mol. The third kappa shape index (κ3) is 3.15. The van der Waals surface area contributed by atoms with E-state index in [1.807, 2.05) is 18.2 Å². The van der Waals surface area contributed by atoms with Crippen molar-refractivity contribution in [2.45, 2.75) is 52.2 Å². The van der Waals surface area contributed by atoms with Gasteiger partial charge in [-0.1, -0.05) is 62.2 Å². The third-order valence-electron chi connectivity index (χ3n) is 6.62. The van der Waals surface area contributed by atoms with Crippen LogP contribution in [0.2, 0.25) is 0 Å². The average molecular weight is 339 g/mol. The Balaban J connectivity index is 1.47. The second-order valence-electron chi connectivity index (χ2n) is 8.46. The summed E-state index contributed by atoms with van der Waals surface area (Å²) in [4.78, 5) is 12.5. The molecule has 1 saturated carbocycles. The van der Waals surface area contributed by atoms with E-state index >= 15 is 0 Å². The van der Waals surface area contributed by atoms with Gasteiger partial charge in [0.15, 0.2) is 0 Å². The van der Waals surface area contributed by atoms with Crippen LogP contribution in [0.25, 0.3) is 0 Å². The van der Waals surface area contributed by atoms with Gasteiger partial charge in [-0.15, -0.1) is 0 Å². The Kier molecular flexibility index (Phi) is 4.45. The van der Waals surface area contributed by atoms with Gasteiger partial charge in [0.2, 0.25) is 0 Å². The minimum atomic E-state index is -0.0418. The summed E-state index contributed by atoms with van der Waals surface area (Å²) < 4.78 is 5.81. The standard InChI is InChI=1S/C22H29NO2/c1-15-7-6-10-22(2)12-20-17(11-19(15)22)18(21(24)25-20)14-23-13-16-8-4-3-5-9-16/h3-5,8-9,11,15,17-18,20,23H,6-7,10,12-14H2,1-2H3/t15-,17+,18-,20+,22+/m0/s1. The Morgan fingerprint density at radius 1 is 1.28 bits per heavy atom. The molecule has 1 saturated heterocycles. The first-order valence-corrected chi connectivity index (χ1v) is 9.74. The lowest BCUT2D eigenvalue weighted by atomic mass is 9.59. The van der Waals surface area contributed by atoms with Crippen LogP contribution in [0.1, 0.15) is 45.1 Å². The van der Waals surface area contributed by atoms with Gasteiger partial charge in [-0.2, -0.15) is 0 Å². The molecule has 2 fully saturated rings. The highest BCUT2D eigenvalue weighted by Gasteiger charge is 2.51. The Morgan fingerprint density at radius 2 is 2.08 bits per heavy atom. The molecule has 1 heterocycles. The minimum Gasteiger partial charge on any atom is -0.461 e. The van der Waals surface area contributed by atoms with Gasteiger partial charge in [-0.05, 0) is 36.2 Å². The highest BCUT2D eigenvalue weighted by molar-refractivity contribution is 5.76. The van der Waals surface area contributed by atoms with Gasteiger partial charge < -0.3 is 10.1 Å². The molecule has 3 nitrogen and oxygen atoms in total. The molecule has 1 N–H and O–H groups in total. The third-order valence-corrected chi connectivity index (χ3v) is 6.62. The van der Waals surface area contributed by atoms with Crippen molar-refractivity contribution in [1.82, 2.24) is 5.32 Å². The molecule has 3 aliphatic rings. The van der Waals surface area contributed by atoms with E-state index in [2.05, 4.69) is 37.4 Å². The van der Waals surface area contributed by atoms with Crippen LogP contribution < -0.4 is 5.32 Å². The predicted octanol–water partition coefficient (Wildman–Crippen LogP) is 4.09. The lowest BCUT2D eigenvalue weighted by Gasteiger charge is -2.46. The molecule has 134 valence electrons. The number of esters is 1. The molecule has 0 aromatic heterocycles. The maximum atomic E-state index is 12.5. The van der Waals surface area contributed by atoms with Crippen LogP contribution >= 0.6 is 0 Å². The molecule has 1 aromatic rings. The highest BCUT2D eigenvalue weighted by atomic mass is 16.6. The van der Waals surface area contributed by atoms with Crippen LogP contribution in [-0.4, -0.2) is 18.6 Å². The molecular formula is C22H29NO2. The van der Waals surface area contributed by atoms with Crippen LogP contribution in [0, 0.1) is 23.2 Å². The van der Waals surface area contributed by atoms with Gasteiger partial charge in [0.05, 0.1) is 5.92 Å². The van der Waals surface area contributed by atoms with Gasteiger partial charge in [0, 0.05) is 19.0 Å². The number of carbonyl (C=O) groups excluding carboxylic acids is 1. The molecule has 25 heavy (non-hydrogen) atoms. The van der Waals surface area contributed by atoms with E-state index in [1.54, 1.807) is 5.57 Å². The average Bonchev–Trinajstić information content (AvgIpc) is 2.88. The van der Waals surface area contributed by atoms with Crippen molar-refractivity contribution < 1.29 is 9.53 Å². The topological polar surface area (TPSA) is 38.3 Å². The number of carbonyl (C=O) groups is 1. The summed E-state index contributed by atoms with van der Waals surface area (Å²) in [6, 6.07) is 10.3. The zero-order valence-corrected chi connectivity index (χ0v) is 15.3. The van der Waals surface area contributed by atoms with E-state index < -0.39 is 0 Å². The summed E-state index contributed by atoms with van der Waals surface area (Å²) in [5.41, 5.74) is 3.08. The summed E-state index contributed by atoms with van der Waals surface area (Å²) in [6.07, 6.45) is 7.33. The normalized spacial score (nSPS) is 37.0.